The molecule has 0 heterocycles. The molecule has 0 N–H and O–H groups in total. The molecule has 0 fully saturated rings. The minimum atomic E-state index is 1.19. The minimum absolute atomic E-state index is 1.19. The van der Waals surface area contributed by atoms with Gasteiger partial charge in [0.05, 0.1) is 0 Å². The maximum absolute atomic E-state index is 2.45. The van der Waals surface area contributed by atoms with E-state index in [0.29, 0.717) is 0 Å². The van der Waals surface area contributed by atoms with Crippen LogP contribution in [0.3, 0.4) is 0 Å². The lowest BCUT2D eigenvalue weighted by molar-refractivity contribution is 1.59. The van der Waals surface area contributed by atoms with Crippen molar-refractivity contribution in [3.8, 4) is 89.0 Å². The zero-order chi connectivity index (χ0) is 47.5. The number of hydrogen-bond donors (Lipinski definition) is 0. The van der Waals surface area contributed by atoms with Gasteiger partial charge in [-0.1, -0.05) is 243 Å². The van der Waals surface area contributed by atoms with Crippen LogP contribution < -0.4 is 0 Å². The Hall–Kier alpha value is -9.36. The van der Waals surface area contributed by atoms with Crippen molar-refractivity contribution in [1.82, 2.24) is 0 Å². The van der Waals surface area contributed by atoms with Gasteiger partial charge in [-0.05, 0) is 179 Å². The van der Waals surface area contributed by atoms with Crippen LogP contribution >= 0.6 is 0 Å². The summed E-state index contributed by atoms with van der Waals surface area (Å²) in [7, 11) is 0. The molecule has 72 heavy (non-hydrogen) atoms. The smallest absolute Gasteiger partial charge is 0.00139 e. The monoisotopic (exact) mass is 910 g/mol. The second-order valence-electron chi connectivity index (χ2n) is 19.2. The molecule has 0 bridgehead atoms. The van der Waals surface area contributed by atoms with Crippen molar-refractivity contribution in [2.24, 2.45) is 0 Å². The summed E-state index contributed by atoms with van der Waals surface area (Å²) in [6.07, 6.45) is 0. The van der Waals surface area contributed by atoms with Gasteiger partial charge in [0, 0.05) is 0 Å². The van der Waals surface area contributed by atoms with Gasteiger partial charge >= 0.3 is 0 Å². The van der Waals surface area contributed by atoms with E-state index in [2.05, 4.69) is 279 Å². The summed E-state index contributed by atoms with van der Waals surface area (Å²) in [4.78, 5) is 0. The second-order valence-corrected chi connectivity index (χ2v) is 19.2. The molecule has 334 valence electrons. The van der Waals surface area contributed by atoms with E-state index in [1.54, 1.807) is 0 Å². The quantitative estimate of drug-likeness (QED) is 0.133. The Morgan fingerprint density at radius 2 is 0.417 bits per heavy atom. The Kier molecular flexibility index (Phi) is 9.96. The van der Waals surface area contributed by atoms with Gasteiger partial charge in [-0.25, -0.2) is 0 Å². The first kappa shape index (κ1) is 41.6. The summed E-state index contributed by atoms with van der Waals surface area (Å²) in [5.74, 6) is 0. The highest BCUT2D eigenvalue weighted by Gasteiger charge is 2.22. The van der Waals surface area contributed by atoms with Crippen molar-refractivity contribution in [2.75, 3.05) is 0 Å². The first-order valence-corrected chi connectivity index (χ1v) is 25.0. The van der Waals surface area contributed by atoms with Crippen molar-refractivity contribution in [3.63, 3.8) is 0 Å². The van der Waals surface area contributed by atoms with E-state index in [1.165, 1.54) is 143 Å². The fourth-order valence-electron chi connectivity index (χ4n) is 11.4. The van der Waals surface area contributed by atoms with Gasteiger partial charge < -0.3 is 0 Å². The third-order valence-corrected chi connectivity index (χ3v) is 15.0. The molecule has 0 aliphatic heterocycles. The van der Waals surface area contributed by atoms with Gasteiger partial charge in [0.2, 0.25) is 0 Å². The molecule has 0 aliphatic carbocycles. The number of fused-ring (bicyclic) bond motifs is 2. The van der Waals surface area contributed by atoms with Crippen molar-refractivity contribution in [1.29, 1.82) is 0 Å². The molecule has 14 aromatic carbocycles. The molecule has 0 heteroatoms. The Labute approximate surface area is 419 Å². The fraction of sp³-hybridized carbons (Fsp3) is 0. The van der Waals surface area contributed by atoms with Crippen LogP contribution in [0.5, 0.6) is 0 Å². The molecule has 0 amide bonds. The predicted molar refractivity (Wildman–Crippen MR) is 309 cm³/mol. The summed E-state index contributed by atoms with van der Waals surface area (Å²) >= 11 is 0. The average Bonchev–Trinajstić information content (AvgIpc) is 3.46. The summed E-state index contributed by atoms with van der Waals surface area (Å²) in [6, 6.07) is 103. The Balaban J connectivity index is 1.01. The van der Waals surface area contributed by atoms with Crippen LogP contribution in [0.15, 0.2) is 279 Å². The first-order chi connectivity index (χ1) is 35.7. The van der Waals surface area contributed by atoms with E-state index in [4.69, 9.17) is 0 Å². The Bertz CT molecular complexity index is 4050. The molecule has 14 aromatic rings. The molecule has 0 aliphatic rings. The van der Waals surface area contributed by atoms with Gasteiger partial charge in [0.15, 0.2) is 0 Å². The lowest BCUT2D eigenvalue weighted by atomic mass is 9.81. The van der Waals surface area contributed by atoms with Crippen LogP contribution in [-0.2, 0) is 0 Å². The molecule has 14 rings (SSSR count). The van der Waals surface area contributed by atoms with Crippen molar-refractivity contribution in [2.45, 2.75) is 0 Å². The number of rotatable bonds is 8. The number of hydrogen-bond acceptors (Lipinski definition) is 0. The zero-order valence-electron chi connectivity index (χ0n) is 39.6. The SMILES string of the molecule is c1ccc(-c2cccc(-c3cc(-c4ccc(-c5ccc6ccccc6c5)cc4)c4ccc5c(-c6cccc(-c7ccccc7)c6)cc(-c6ccc(-c7ccc8ccccc8c7)cc6)c6ccc3c4c65)c2)cc1. The summed E-state index contributed by atoms with van der Waals surface area (Å²) in [5.41, 5.74) is 19.3. The highest BCUT2D eigenvalue weighted by Crippen LogP contribution is 2.49. The van der Waals surface area contributed by atoms with E-state index < -0.39 is 0 Å². The third kappa shape index (κ3) is 7.24. The van der Waals surface area contributed by atoms with Gasteiger partial charge in [0.1, 0.15) is 0 Å². The van der Waals surface area contributed by atoms with Gasteiger partial charge in [0.25, 0.3) is 0 Å². The lowest BCUT2D eigenvalue weighted by Gasteiger charge is -2.22. The molecule has 0 atom stereocenters. The average molecular weight is 911 g/mol. The largest absolute Gasteiger partial charge is 0.0622 e. The van der Waals surface area contributed by atoms with Crippen molar-refractivity contribution >= 4 is 53.9 Å². The zero-order valence-corrected chi connectivity index (χ0v) is 39.6. The first-order valence-electron chi connectivity index (χ1n) is 25.0. The predicted octanol–water partition coefficient (Wildman–Crippen LogP) is 20.2. The van der Waals surface area contributed by atoms with Crippen molar-refractivity contribution in [3.05, 3.63) is 279 Å². The molecule has 0 saturated heterocycles. The van der Waals surface area contributed by atoms with Gasteiger partial charge in [-0.3, -0.25) is 0 Å². The molecular weight excluding hydrogens is 865 g/mol. The van der Waals surface area contributed by atoms with Crippen LogP contribution in [0.25, 0.3) is 143 Å². The van der Waals surface area contributed by atoms with Crippen LogP contribution in [0.4, 0.5) is 0 Å². The van der Waals surface area contributed by atoms with E-state index in [-0.39, 0.29) is 0 Å². The van der Waals surface area contributed by atoms with E-state index in [9.17, 15) is 0 Å². The van der Waals surface area contributed by atoms with Gasteiger partial charge in [-0.2, -0.15) is 0 Å². The molecule has 0 unspecified atom stereocenters. The summed E-state index contributed by atoms with van der Waals surface area (Å²) in [5, 5.41) is 12.6. The molecule has 0 saturated carbocycles. The van der Waals surface area contributed by atoms with Crippen molar-refractivity contribution < 1.29 is 0 Å². The molecule has 0 aromatic heterocycles. The summed E-state index contributed by atoms with van der Waals surface area (Å²) in [6.45, 7) is 0. The Morgan fingerprint density at radius 1 is 0.139 bits per heavy atom. The maximum atomic E-state index is 2.45. The van der Waals surface area contributed by atoms with Crippen LogP contribution in [0.1, 0.15) is 0 Å². The van der Waals surface area contributed by atoms with Crippen LogP contribution in [0.2, 0.25) is 0 Å². The fourth-order valence-corrected chi connectivity index (χ4v) is 11.4. The number of benzene rings is 14. The minimum Gasteiger partial charge on any atom is -0.0622 e. The van der Waals surface area contributed by atoms with E-state index in [0.717, 1.165) is 0 Å². The molecular formula is C72H46. The second kappa shape index (κ2) is 17.2. The topological polar surface area (TPSA) is 0 Å². The van der Waals surface area contributed by atoms with E-state index >= 15 is 0 Å². The van der Waals surface area contributed by atoms with E-state index in [1.807, 2.05) is 0 Å². The maximum Gasteiger partial charge on any atom is -0.00139 e. The highest BCUT2D eigenvalue weighted by atomic mass is 14.2. The van der Waals surface area contributed by atoms with Gasteiger partial charge in [-0.15, -0.1) is 0 Å². The third-order valence-electron chi connectivity index (χ3n) is 15.0. The normalized spacial score (nSPS) is 11.6. The lowest BCUT2D eigenvalue weighted by Crippen LogP contribution is -1.95. The molecule has 0 nitrogen and oxygen atoms in total. The molecule has 0 spiro atoms. The summed E-state index contributed by atoms with van der Waals surface area (Å²) < 4.78 is 0. The highest BCUT2D eigenvalue weighted by molar-refractivity contribution is 6.32. The Morgan fingerprint density at radius 3 is 0.819 bits per heavy atom. The van der Waals surface area contributed by atoms with Crippen LogP contribution in [0, 0.1) is 0 Å². The molecule has 0 radical (unpaired) electrons. The standard InChI is InChI=1S/C72H46/c1-3-13-47(14-4-1)57-21-11-23-61(43-57)69-45-67(53-31-25-51(26-32-53)59-35-29-49-17-7-9-19-55(49)41-59)63-38-40-66-70(62-24-12-22-58(44-62)48-15-5-2-6-16-48)46-68(64-37-39-65(69)71(63)72(64)66)54-33-27-52(28-34-54)60-36-30-50-18-8-10-20-56(50)42-60/h1-46H. The van der Waals surface area contributed by atoms with Crippen LogP contribution in [-0.4, -0.2) is 0 Å².